The van der Waals surface area contributed by atoms with Crippen LogP contribution in [-0.4, -0.2) is 29.9 Å². The Morgan fingerprint density at radius 1 is 1.83 bits per heavy atom. The van der Waals surface area contributed by atoms with Gasteiger partial charge in [-0.25, -0.2) is 0 Å². The number of halogens is 1. The highest BCUT2D eigenvalue weighted by atomic mass is 35.5. The molecular formula is C8H13ClN2O. The Kier molecular flexibility index (Phi) is 3.56. The quantitative estimate of drug-likeness (QED) is 0.589. The predicted octanol–water partition coefficient (Wildman–Crippen LogP) is -0.00890. The van der Waals surface area contributed by atoms with Crippen molar-refractivity contribution >= 4 is 18.3 Å². The molecule has 1 amide bonds. The van der Waals surface area contributed by atoms with Gasteiger partial charge in [0.25, 0.3) is 0 Å². The molecule has 3 nitrogen and oxygen atoms in total. The largest absolute Gasteiger partial charge is 0.344 e. The molecule has 1 atom stereocenters. The summed E-state index contributed by atoms with van der Waals surface area (Å²) in [6.45, 7) is 0.719. The first-order chi connectivity index (χ1) is 5.10. The summed E-state index contributed by atoms with van der Waals surface area (Å²) in [6, 6.07) is 0. The number of amides is 1. The van der Waals surface area contributed by atoms with Gasteiger partial charge in [-0.3, -0.25) is 4.79 Å². The number of nitrogens with two attached hydrogens (primary N) is 1. The molecule has 68 valence electrons. The molecule has 0 unspecified atom stereocenters. The fraction of sp³-hybridized carbons (Fsp3) is 0.625. The molecule has 1 rings (SSSR count). The van der Waals surface area contributed by atoms with Gasteiger partial charge >= 0.3 is 0 Å². The van der Waals surface area contributed by atoms with Crippen molar-refractivity contribution < 1.29 is 4.79 Å². The van der Waals surface area contributed by atoms with Crippen LogP contribution in [0.5, 0.6) is 0 Å². The van der Waals surface area contributed by atoms with Gasteiger partial charge in [-0.1, -0.05) is 0 Å². The van der Waals surface area contributed by atoms with E-state index in [1.54, 1.807) is 11.9 Å². The summed E-state index contributed by atoms with van der Waals surface area (Å²) in [4.78, 5) is 12.9. The second kappa shape index (κ2) is 3.79. The van der Waals surface area contributed by atoms with Crippen LogP contribution in [0.1, 0.15) is 12.8 Å². The van der Waals surface area contributed by atoms with Gasteiger partial charge < -0.3 is 10.6 Å². The van der Waals surface area contributed by atoms with E-state index in [-0.39, 0.29) is 18.3 Å². The van der Waals surface area contributed by atoms with Crippen molar-refractivity contribution in [3.05, 3.63) is 0 Å². The van der Waals surface area contributed by atoms with Gasteiger partial charge in [-0.2, -0.15) is 0 Å². The number of carbonyl (C=O) groups is 1. The molecular weight excluding hydrogens is 176 g/mol. The first kappa shape index (κ1) is 11.3. The third-order valence-electron chi connectivity index (χ3n) is 2.08. The number of carbonyl (C=O) groups excluding carboxylic acids is 1. The topological polar surface area (TPSA) is 46.3 Å². The Morgan fingerprint density at radius 2 is 2.42 bits per heavy atom. The van der Waals surface area contributed by atoms with E-state index in [2.05, 4.69) is 5.92 Å². The molecule has 1 fully saturated rings. The lowest BCUT2D eigenvalue weighted by molar-refractivity contribution is -0.130. The fourth-order valence-corrected chi connectivity index (χ4v) is 1.30. The summed E-state index contributed by atoms with van der Waals surface area (Å²) in [7, 11) is 1.74. The molecule has 2 N–H and O–H groups in total. The number of rotatable bonds is 1. The van der Waals surface area contributed by atoms with E-state index in [1.165, 1.54) is 0 Å². The third-order valence-corrected chi connectivity index (χ3v) is 2.08. The normalized spacial score (nSPS) is 28.1. The van der Waals surface area contributed by atoms with Gasteiger partial charge in [0.05, 0.1) is 0 Å². The first-order valence-electron chi connectivity index (χ1n) is 3.58. The Bertz CT molecular complexity index is 224. The van der Waals surface area contributed by atoms with Crippen molar-refractivity contribution in [3.63, 3.8) is 0 Å². The minimum atomic E-state index is -0.774. The molecule has 0 aromatic rings. The zero-order chi connectivity index (χ0) is 8.48. The summed E-state index contributed by atoms with van der Waals surface area (Å²) in [5, 5.41) is 0. The smallest absolute Gasteiger partial charge is 0.243 e. The molecule has 1 aliphatic rings. The average Bonchev–Trinajstić information content (AvgIpc) is 2.19. The van der Waals surface area contributed by atoms with E-state index >= 15 is 0 Å². The van der Waals surface area contributed by atoms with Crippen LogP contribution in [0, 0.1) is 12.3 Å². The molecule has 4 heteroatoms. The molecule has 0 spiro atoms. The molecule has 0 aromatic carbocycles. The molecule has 0 saturated carbocycles. The summed E-state index contributed by atoms with van der Waals surface area (Å²) >= 11 is 0. The van der Waals surface area contributed by atoms with Crippen molar-refractivity contribution in [2.24, 2.45) is 5.73 Å². The van der Waals surface area contributed by atoms with Crippen LogP contribution in [0.15, 0.2) is 0 Å². The Hall–Kier alpha value is -0.720. The van der Waals surface area contributed by atoms with Gasteiger partial charge in [0.15, 0.2) is 0 Å². The molecule has 0 aromatic heterocycles. The predicted molar refractivity (Wildman–Crippen MR) is 49.9 cm³/mol. The van der Waals surface area contributed by atoms with E-state index in [0.717, 1.165) is 6.54 Å². The van der Waals surface area contributed by atoms with E-state index in [0.29, 0.717) is 12.8 Å². The highest BCUT2D eigenvalue weighted by Crippen LogP contribution is 2.21. The third kappa shape index (κ3) is 1.71. The zero-order valence-corrected chi connectivity index (χ0v) is 7.86. The van der Waals surface area contributed by atoms with Crippen LogP contribution in [0.3, 0.4) is 0 Å². The second-order valence-corrected chi connectivity index (χ2v) is 3.01. The van der Waals surface area contributed by atoms with Crippen molar-refractivity contribution in [3.8, 4) is 12.3 Å². The fourth-order valence-electron chi connectivity index (χ4n) is 1.30. The monoisotopic (exact) mass is 188 g/mol. The Balaban J connectivity index is 0.00000121. The van der Waals surface area contributed by atoms with E-state index in [4.69, 9.17) is 12.2 Å². The zero-order valence-electron chi connectivity index (χ0n) is 7.04. The van der Waals surface area contributed by atoms with Crippen LogP contribution in [-0.2, 0) is 4.79 Å². The van der Waals surface area contributed by atoms with Gasteiger partial charge in [0, 0.05) is 20.0 Å². The van der Waals surface area contributed by atoms with E-state index < -0.39 is 5.54 Å². The molecule has 0 bridgehead atoms. The maximum atomic E-state index is 11.3. The average molecular weight is 189 g/mol. The summed E-state index contributed by atoms with van der Waals surface area (Å²) < 4.78 is 0. The summed E-state index contributed by atoms with van der Waals surface area (Å²) in [6.07, 6.45) is 6.12. The van der Waals surface area contributed by atoms with Crippen molar-refractivity contribution in [1.82, 2.24) is 4.90 Å². The van der Waals surface area contributed by atoms with Crippen molar-refractivity contribution in [2.75, 3.05) is 13.6 Å². The van der Waals surface area contributed by atoms with E-state index in [1.807, 2.05) is 0 Å². The number of hydrogen-bond donors (Lipinski definition) is 1. The highest BCUT2D eigenvalue weighted by Gasteiger charge is 2.40. The van der Waals surface area contributed by atoms with Crippen molar-refractivity contribution in [2.45, 2.75) is 18.4 Å². The number of likely N-dealkylation sites (N-methyl/N-ethyl adjacent to an activating group) is 1. The number of likely N-dealkylation sites (tertiary alicyclic amines) is 1. The van der Waals surface area contributed by atoms with Crippen LogP contribution in [0.2, 0.25) is 0 Å². The summed E-state index contributed by atoms with van der Waals surface area (Å²) in [5.74, 6) is 2.40. The van der Waals surface area contributed by atoms with Crippen LogP contribution in [0.25, 0.3) is 0 Å². The number of nitrogens with zero attached hydrogens (tertiary/aromatic N) is 1. The second-order valence-electron chi connectivity index (χ2n) is 3.01. The lowest BCUT2D eigenvalue weighted by Gasteiger charge is -2.18. The van der Waals surface area contributed by atoms with Crippen LogP contribution in [0.4, 0.5) is 0 Å². The highest BCUT2D eigenvalue weighted by molar-refractivity contribution is 5.88. The minimum Gasteiger partial charge on any atom is -0.344 e. The van der Waals surface area contributed by atoms with Gasteiger partial charge in [-0.15, -0.1) is 24.8 Å². The molecule has 1 saturated heterocycles. The molecule has 1 aliphatic heterocycles. The minimum absolute atomic E-state index is 0. The lowest BCUT2D eigenvalue weighted by Crippen LogP contribution is -2.46. The first-order valence-corrected chi connectivity index (χ1v) is 3.58. The van der Waals surface area contributed by atoms with Crippen LogP contribution >= 0.6 is 12.4 Å². The number of terminal acetylenes is 1. The SMILES string of the molecule is C#CC[C@]1(N)CCN(C)C1=O.Cl. The maximum Gasteiger partial charge on any atom is 0.243 e. The maximum absolute atomic E-state index is 11.3. The molecule has 0 aliphatic carbocycles. The van der Waals surface area contributed by atoms with Gasteiger partial charge in [0.1, 0.15) is 5.54 Å². The number of hydrogen-bond acceptors (Lipinski definition) is 2. The van der Waals surface area contributed by atoms with Crippen LogP contribution < -0.4 is 5.73 Å². The Labute approximate surface area is 78.7 Å². The standard InChI is InChI=1S/C8H12N2O.ClH/c1-3-4-8(9)5-6-10(2)7(8)11;/h1H,4-6,9H2,2H3;1H/t8-;/m0./s1. The van der Waals surface area contributed by atoms with Gasteiger partial charge in [-0.05, 0) is 6.42 Å². The molecule has 12 heavy (non-hydrogen) atoms. The summed E-state index contributed by atoms with van der Waals surface area (Å²) in [5.41, 5.74) is 5.00. The van der Waals surface area contributed by atoms with Crippen molar-refractivity contribution in [1.29, 1.82) is 0 Å². The lowest BCUT2D eigenvalue weighted by atomic mass is 9.95. The Morgan fingerprint density at radius 3 is 2.75 bits per heavy atom. The molecule has 0 radical (unpaired) electrons. The van der Waals surface area contributed by atoms with Gasteiger partial charge in [0.2, 0.25) is 5.91 Å². The molecule has 1 heterocycles. The van der Waals surface area contributed by atoms with E-state index in [9.17, 15) is 4.79 Å².